The smallest absolute Gasteiger partial charge is 0.246 e. The van der Waals surface area contributed by atoms with Gasteiger partial charge in [-0.25, -0.2) is 0 Å². The van der Waals surface area contributed by atoms with Crippen LogP contribution in [-0.4, -0.2) is 18.4 Å². The van der Waals surface area contributed by atoms with E-state index in [2.05, 4.69) is 5.32 Å². The molecule has 3 nitrogen and oxygen atoms in total. The summed E-state index contributed by atoms with van der Waals surface area (Å²) in [5.41, 5.74) is 2.30. The Morgan fingerprint density at radius 3 is 2.72 bits per heavy atom. The monoisotopic (exact) mass is 265 g/mol. The SMILES string of the molecule is CC(C)=CSCNC(=O)COCc1ccccc1. The summed E-state index contributed by atoms with van der Waals surface area (Å²) in [4.78, 5) is 11.4. The van der Waals surface area contributed by atoms with E-state index in [0.717, 1.165) is 5.56 Å². The van der Waals surface area contributed by atoms with Crippen LogP contribution in [0.15, 0.2) is 41.3 Å². The van der Waals surface area contributed by atoms with Crippen LogP contribution in [0, 0.1) is 0 Å². The number of nitrogens with one attached hydrogen (secondary N) is 1. The van der Waals surface area contributed by atoms with Crippen LogP contribution in [0.5, 0.6) is 0 Å². The first kappa shape index (κ1) is 14.8. The molecule has 0 fully saturated rings. The molecule has 0 radical (unpaired) electrons. The molecule has 1 amide bonds. The van der Waals surface area contributed by atoms with Crippen LogP contribution in [0.3, 0.4) is 0 Å². The Balaban J connectivity index is 2.09. The van der Waals surface area contributed by atoms with Gasteiger partial charge in [0.15, 0.2) is 0 Å². The summed E-state index contributed by atoms with van der Waals surface area (Å²) in [5, 5.41) is 4.80. The van der Waals surface area contributed by atoms with Crippen LogP contribution in [0.4, 0.5) is 0 Å². The molecular weight excluding hydrogens is 246 g/mol. The lowest BCUT2D eigenvalue weighted by Crippen LogP contribution is -2.26. The van der Waals surface area contributed by atoms with Gasteiger partial charge in [0.25, 0.3) is 0 Å². The van der Waals surface area contributed by atoms with Crippen molar-refractivity contribution in [1.82, 2.24) is 5.32 Å². The molecule has 0 heterocycles. The molecule has 0 aliphatic heterocycles. The number of hydrogen-bond donors (Lipinski definition) is 1. The van der Waals surface area contributed by atoms with Gasteiger partial charge in [-0.2, -0.15) is 0 Å². The molecule has 98 valence electrons. The predicted octanol–water partition coefficient (Wildman–Crippen LogP) is 2.93. The number of rotatable bonds is 7. The molecule has 4 heteroatoms. The maximum atomic E-state index is 11.4. The van der Waals surface area contributed by atoms with E-state index in [0.29, 0.717) is 12.5 Å². The van der Waals surface area contributed by atoms with E-state index < -0.39 is 0 Å². The second-order valence-corrected chi connectivity index (χ2v) is 4.94. The van der Waals surface area contributed by atoms with Gasteiger partial charge in [-0.05, 0) is 24.8 Å². The third-order valence-electron chi connectivity index (χ3n) is 2.02. The highest BCUT2D eigenvalue weighted by Crippen LogP contribution is 2.04. The fraction of sp³-hybridized carbons (Fsp3) is 0.357. The Kier molecular flexibility index (Phi) is 7.22. The molecule has 0 bridgehead atoms. The molecule has 0 aliphatic carbocycles. The summed E-state index contributed by atoms with van der Waals surface area (Å²) in [6.45, 7) is 4.62. The Labute approximate surface area is 113 Å². The molecule has 18 heavy (non-hydrogen) atoms. The van der Waals surface area contributed by atoms with E-state index in [9.17, 15) is 4.79 Å². The number of thioether (sulfide) groups is 1. The quantitative estimate of drug-likeness (QED) is 0.608. The molecule has 1 aromatic rings. The van der Waals surface area contributed by atoms with Gasteiger partial charge in [0, 0.05) is 0 Å². The van der Waals surface area contributed by atoms with Crippen molar-refractivity contribution >= 4 is 17.7 Å². The van der Waals surface area contributed by atoms with Crippen molar-refractivity contribution in [3.63, 3.8) is 0 Å². The van der Waals surface area contributed by atoms with Crippen molar-refractivity contribution in [2.24, 2.45) is 0 Å². The van der Waals surface area contributed by atoms with Crippen LogP contribution in [0.2, 0.25) is 0 Å². The van der Waals surface area contributed by atoms with Crippen molar-refractivity contribution in [3.8, 4) is 0 Å². The number of allylic oxidation sites excluding steroid dienone is 1. The number of benzene rings is 1. The third kappa shape index (κ3) is 7.14. The fourth-order valence-corrected chi connectivity index (χ4v) is 1.88. The van der Waals surface area contributed by atoms with Crippen LogP contribution in [0.1, 0.15) is 19.4 Å². The zero-order chi connectivity index (χ0) is 13.2. The minimum absolute atomic E-state index is 0.0828. The van der Waals surface area contributed by atoms with E-state index in [-0.39, 0.29) is 12.5 Å². The minimum atomic E-state index is -0.0828. The molecule has 1 N–H and O–H groups in total. The third-order valence-corrected chi connectivity index (χ3v) is 2.97. The van der Waals surface area contributed by atoms with E-state index in [1.54, 1.807) is 11.8 Å². The summed E-state index contributed by atoms with van der Waals surface area (Å²) in [5.74, 6) is 0.499. The maximum Gasteiger partial charge on any atom is 0.246 e. The average Bonchev–Trinajstić information content (AvgIpc) is 2.36. The van der Waals surface area contributed by atoms with Gasteiger partial charge in [-0.1, -0.05) is 35.9 Å². The first-order valence-corrected chi connectivity index (χ1v) is 6.86. The summed E-state index contributed by atoms with van der Waals surface area (Å²) in [7, 11) is 0. The number of carbonyl (C=O) groups excluding carboxylic acids is 1. The molecule has 0 saturated heterocycles. The Morgan fingerprint density at radius 2 is 2.06 bits per heavy atom. The summed E-state index contributed by atoms with van der Waals surface area (Å²) in [6, 6.07) is 9.81. The Bertz CT molecular complexity index is 386. The normalized spacial score (nSPS) is 9.89. The topological polar surface area (TPSA) is 38.3 Å². The van der Waals surface area contributed by atoms with Gasteiger partial charge in [0.05, 0.1) is 12.5 Å². The Hall–Kier alpha value is -1.26. The average molecular weight is 265 g/mol. The van der Waals surface area contributed by atoms with Crippen molar-refractivity contribution in [1.29, 1.82) is 0 Å². The number of carbonyl (C=O) groups is 1. The number of amides is 1. The van der Waals surface area contributed by atoms with E-state index in [4.69, 9.17) is 4.74 Å². The first-order valence-electron chi connectivity index (χ1n) is 5.82. The van der Waals surface area contributed by atoms with Gasteiger partial charge in [0.2, 0.25) is 5.91 Å². The van der Waals surface area contributed by atoms with Gasteiger partial charge in [-0.15, -0.1) is 11.8 Å². The predicted molar refractivity (Wildman–Crippen MR) is 76.1 cm³/mol. The summed E-state index contributed by atoms with van der Waals surface area (Å²) in [6.07, 6.45) is 0. The molecule has 0 spiro atoms. The van der Waals surface area contributed by atoms with Gasteiger partial charge in [0.1, 0.15) is 6.61 Å². The maximum absolute atomic E-state index is 11.4. The lowest BCUT2D eigenvalue weighted by Gasteiger charge is -2.05. The standard InChI is InChI=1S/C14H19NO2S/c1-12(2)10-18-11-15-14(16)9-17-8-13-6-4-3-5-7-13/h3-7,10H,8-9,11H2,1-2H3,(H,15,16). The highest BCUT2D eigenvalue weighted by molar-refractivity contribution is 8.02. The zero-order valence-corrected chi connectivity index (χ0v) is 11.6. The first-order chi connectivity index (χ1) is 8.68. The molecular formula is C14H19NO2S. The molecule has 0 saturated carbocycles. The molecule has 1 aromatic carbocycles. The van der Waals surface area contributed by atoms with Crippen molar-refractivity contribution in [2.75, 3.05) is 12.5 Å². The van der Waals surface area contributed by atoms with Crippen molar-refractivity contribution in [3.05, 3.63) is 46.9 Å². The molecule has 0 aromatic heterocycles. The minimum Gasteiger partial charge on any atom is -0.367 e. The number of ether oxygens (including phenoxy) is 1. The lowest BCUT2D eigenvalue weighted by atomic mass is 10.2. The van der Waals surface area contributed by atoms with Gasteiger partial charge >= 0.3 is 0 Å². The summed E-state index contributed by atoms with van der Waals surface area (Å²) >= 11 is 1.57. The van der Waals surface area contributed by atoms with Crippen LogP contribution >= 0.6 is 11.8 Å². The van der Waals surface area contributed by atoms with Crippen molar-refractivity contribution in [2.45, 2.75) is 20.5 Å². The zero-order valence-electron chi connectivity index (χ0n) is 10.8. The second-order valence-electron chi connectivity index (χ2n) is 4.08. The molecule has 0 unspecified atom stereocenters. The van der Waals surface area contributed by atoms with E-state index >= 15 is 0 Å². The number of hydrogen-bond acceptors (Lipinski definition) is 3. The molecule has 0 atom stereocenters. The Morgan fingerprint density at radius 1 is 1.33 bits per heavy atom. The highest BCUT2D eigenvalue weighted by Gasteiger charge is 2.00. The highest BCUT2D eigenvalue weighted by atomic mass is 32.2. The molecule has 1 rings (SSSR count). The fourth-order valence-electron chi connectivity index (χ4n) is 1.22. The van der Waals surface area contributed by atoms with Crippen LogP contribution < -0.4 is 5.32 Å². The molecule has 0 aliphatic rings. The summed E-state index contributed by atoms with van der Waals surface area (Å²) < 4.78 is 5.32. The van der Waals surface area contributed by atoms with Crippen LogP contribution in [0.25, 0.3) is 0 Å². The lowest BCUT2D eigenvalue weighted by molar-refractivity contribution is -0.125. The van der Waals surface area contributed by atoms with Crippen LogP contribution in [-0.2, 0) is 16.1 Å². The van der Waals surface area contributed by atoms with E-state index in [1.165, 1.54) is 5.57 Å². The van der Waals surface area contributed by atoms with E-state index in [1.807, 2.05) is 49.6 Å². The van der Waals surface area contributed by atoms with Gasteiger partial charge < -0.3 is 10.1 Å². The largest absolute Gasteiger partial charge is 0.367 e. The second kappa shape index (κ2) is 8.78. The van der Waals surface area contributed by atoms with Crippen molar-refractivity contribution < 1.29 is 9.53 Å². The van der Waals surface area contributed by atoms with Gasteiger partial charge in [-0.3, -0.25) is 4.79 Å².